The first-order valence-electron chi connectivity index (χ1n) is 20.1. The molecule has 8 aromatic carbocycles. The normalized spacial score (nSPS) is 13.2. The monoisotopic (exact) mass is 708 g/mol. The van der Waals surface area contributed by atoms with E-state index >= 15 is 0 Å². The van der Waals surface area contributed by atoms with Crippen LogP contribution in [0.5, 0.6) is 0 Å². The minimum Gasteiger partial charge on any atom is -0.456 e. The standard InChI is InChI=1S/C47H40B8O/c1-47(2)29-12-5-3-8-25(29)27-11-7-10-24(38(27)47)21-14-16-22(17-15-21)32-34-36(41(50)45(54)43(52)39(34)48)33(37-35(32)40(49)44(53)46(55)42(37)51)23-18-19-31-28(20-23)26-9-4-6-13-30(26)56-31/h3-20H,48-55H2,1-2H3. The van der Waals surface area contributed by atoms with Gasteiger partial charge in [-0.2, -0.15) is 0 Å². The Morgan fingerprint density at radius 1 is 0.393 bits per heavy atom. The van der Waals surface area contributed by atoms with Crippen LogP contribution in [0.2, 0.25) is 0 Å². The topological polar surface area (TPSA) is 13.1 Å². The summed E-state index contributed by atoms with van der Waals surface area (Å²) in [6, 6.07) is 40.6. The fourth-order valence-electron chi connectivity index (χ4n) is 10.5. The van der Waals surface area contributed by atoms with Crippen molar-refractivity contribution in [2.75, 3.05) is 0 Å². The molecule has 1 nitrogen and oxygen atoms in total. The predicted molar refractivity (Wildman–Crippen MR) is 268 cm³/mol. The van der Waals surface area contributed by atoms with Crippen molar-refractivity contribution in [3.05, 3.63) is 120 Å². The Morgan fingerprint density at radius 2 is 0.857 bits per heavy atom. The molecule has 0 radical (unpaired) electrons. The van der Waals surface area contributed by atoms with Crippen molar-refractivity contribution in [3.8, 4) is 44.5 Å². The molecule has 56 heavy (non-hydrogen) atoms. The average molecular weight is 707 g/mol. The Balaban J connectivity index is 1.30. The summed E-state index contributed by atoms with van der Waals surface area (Å²) in [6.07, 6.45) is 0. The van der Waals surface area contributed by atoms with Gasteiger partial charge in [0.05, 0.1) is 0 Å². The second-order valence-electron chi connectivity index (χ2n) is 17.0. The third kappa shape index (κ3) is 4.67. The molecule has 258 valence electrons. The second-order valence-corrected chi connectivity index (χ2v) is 17.0. The zero-order valence-electron chi connectivity index (χ0n) is 34.3. The first-order chi connectivity index (χ1) is 26.9. The lowest BCUT2D eigenvalue weighted by molar-refractivity contribution is 0.662. The third-order valence-electron chi connectivity index (χ3n) is 14.1. The lowest BCUT2D eigenvalue weighted by Gasteiger charge is -2.28. The highest BCUT2D eigenvalue weighted by molar-refractivity contribution is 6.71. The molecule has 1 heterocycles. The summed E-state index contributed by atoms with van der Waals surface area (Å²) in [5, 5.41) is 7.76. The molecule has 0 fully saturated rings. The van der Waals surface area contributed by atoms with Crippen LogP contribution in [0.1, 0.15) is 25.0 Å². The first kappa shape index (κ1) is 35.0. The Bertz CT molecular complexity index is 3110. The van der Waals surface area contributed by atoms with Gasteiger partial charge in [0, 0.05) is 16.2 Å². The Labute approximate surface area is 336 Å². The number of hydrogen-bond acceptors (Lipinski definition) is 1. The highest BCUT2D eigenvalue weighted by Gasteiger charge is 2.37. The Hall–Kier alpha value is -5.40. The molecular formula is C47H40B8O. The van der Waals surface area contributed by atoms with Crippen molar-refractivity contribution < 1.29 is 4.42 Å². The summed E-state index contributed by atoms with van der Waals surface area (Å²) in [6.45, 7) is 4.76. The average Bonchev–Trinajstić information content (AvgIpc) is 3.71. The van der Waals surface area contributed by atoms with Crippen molar-refractivity contribution in [1.82, 2.24) is 0 Å². The zero-order valence-corrected chi connectivity index (χ0v) is 34.3. The molecular weight excluding hydrogens is 667 g/mol. The number of para-hydroxylation sites is 1. The number of hydrogen-bond donors (Lipinski definition) is 0. The van der Waals surface area contributed by atoms with E-state index in [0.717, 1.165) is 21.9 Å². The molecule has 10 rings (SSSR count). The van der Waals surface area contributed by atoms with E-state index in [0.29, 0.717) is 0 Å². The maximum absolute atomic E-state index is 6.34. The van der Waals surface area contributed by atoms with Gasteiger partial charge in [0.1, 0.15) is 73.9 Å². The maximum Gasteiger partial charge on any atom is 0.139 e. The smallest absolute Gasteiger partial charge is 0.139 e. The van der Waals surface area contributed by atoms with Gasteiger partial charge in [-0.3, -0.25) is 0 Å². The molecule has 9 heteroatoms. The minimum absolute atomic E-state index is 0.0801. The second kappa shape index (κ2) is 12.3. The number of benzene rings is 8. The van der Waals surface area contributed by atoms with E-state index in [1.54, 1.807) is 0 Å². The van der Waals surface area contributed by atoms with Crippen molar-refractivity contribution in [2.24, 2.45) is 0 Å². The Morgan fingerprint density at radius 3 is 1.48 bits per heavy atom. The van der Waals surface area contributed by atoms with Gasteiger partial charge in [-0.25, -0.2) is 0 Å². The molecule has 0 saturated heterocycles. The lowest BCUT2D eigenvalue weighted by Crippen LogP contribution is -2.50. The van der Waals surface area contributed by atoms with E-state index in [4.69, 9.17) is 4.42 Å². The van der Waals surface area contributed by atoms with E-state index < -0.39 is 0 Å². The molecule has 0 saturated carbocycles. The predicted octanol–water partition coefficient (Wildman–Crippen LogP) is -0.733. The SMILES string of the molecule is Bc1c(B)c(B)c2c(-c3ccc4oc5ccccc5c4c3)c3c(B)c(B)c(B)c(B)c3c(-c3ccc(-c4cccc5c4C(C)(C)c4ccccc4-5)cc3)c2c1B. The molecule has 0 bridgehead atoms. The first-order valence-corrected chi connectivity index (χ1v) is 20.1. The molecule has 0 aliphatic heterocycles. The third-order valence-corrected chi connectivity index (χ3v) is 14.1. The van der Waals surface area contributed by atoms with Crippen LogP contribution in [0.25, 0.3) is 88.0 Å². The summed E-state index contributed by atoms with van der Waals surface area (Å²) < 4.78 is 6.34. The van der Waals surface area contributed by atoms with Gasteiger partial charge in [0.15, 0.2) is 0 Å². The number of rotatable bonds is 3. The molecule has 0 N–H and O–H groups in total. The molecule has 1 aliphatic carbocycles. The fourth-order valence-corrected chi connectivity index (χ4v) is 10.5. The van der Waals surface area contributed by atoms with Crippen LogP contribution in [-0.2, 0) is 5.41 Å². The van der Waals surface area contributed by atoms with Gasteiger partial charge < -0.3 is 4.42 Å². The minimum atomic E-state index is -0.0801. The molecule has 0 unspecified atom stereocenters. The van der Waals surface area contributed by atoms with Crippen molar-refractivity contribution >= 4 is 150 Å². The van der Waals surface area contributed by atoms with E-state index in [1.807, 2.05) is 0 Å². The highest BCUT2D eigenvalue weighted by Crippen LogP contribution is 2.52. The number of furan rings is 1. The number of fused-ring (bicyclic) bond motifs is 8. The van der Waals surface area contributed by atoms with Crippen LogP contribution in [-0.4, -0.2) is 62.8 Å². The highest BCUT2D eigenvalue weighted by atomic mass is 16.3. The quantitative estimate of drug-likeness (QED) is 0.175. The van der Waals surface area contributed by atoms with Crippen molar-refractivity contribution in [1.29, 1.82) is 0 Å². The van der Waals surface area contributed by atoms with Gasteiger partial charge in [-0.05, 0) is 95.4 Å². The molecule has 1 aliphatic rings. The molecule has 9 aromatic rings. The zero-order chi connectivity index (χ0) is 38.9. The summed E-state index contributed by atoms with van der Waals surface area (Å²) in [4.78, 5) is 0. The van der Waals surface area contributed by atoms with Gasteiger partial charge in [-0.1, -0.05) is 127 Å². The lowest BCUT2D eigenvalue weighted by atomic mass is 9.59. The fraction of sp³-hybridized carbons (Fsp3) is 0.0638. The summed E-state index contributed by atoms with van der Waals surface area (Å²) in [5.74, 6) is 0. The van der Waals surface area contributed by atoms with E-state index in [9.17, 15) is 0 Å². The molecule has 1 aromatic heterocycles. The van der Waals surface area contributed by atoms with Gasteiger partial charge in [0.25, 0.3) is 0 Å². The van der Waals surface area contributed by atoms with Crippen LogP contribution in [0, 0.1) is 0 Å². The van der Waals surface area contributed by atoms with Crippen LogP contribution in [0.15, 0.2) is 114 Å². The van der Waals surface area contributed by atoms with Crippen LogP contribution < -0.4 is 43.7 Å². The summed E-state index contributed by atoms with van der Waals surface area (Å²) >= 11 is 0. The van der Waals surface area contributed by atoms with Gasteiger partial charge >= 0.3 is 0 Å². The molecule has 0 amide bonds. The van der Waals surface area contributed by atoms with E-state index in [1.165, 1.54) is 121 Å². The van der Waals surface area contributed by atoms with Gasteiger partial charge in [-0.15, -0.1) is 21.9 Å². The van der Waals surface area contributed by atoms with Crippen LogP contribution in [0.4, 0.5) is 0 Å². The van der Waals surface area contributed by atoms with Crippen molar-refractivity contribution in [2.45, 2.75) is 19.3 Å². The maximum atomic E-state index is 6.34. The summed E-state index contributed by atoms with van der Waals surface area (Å²) in [5.41, 5.74) is 26.0. The largest absolute Gasteiger partial charge is 0.456 e. The molecule has 0 atom stereocenters. The van der Waals surface area contributed by atoms with Crippen LogP contribution >= 0.6 is 0 Å². The van der Waals surface area contributed by atoms with Crippen molar-refractivity contribution in [3.63, 3.8) is 0 Å². The van der Waals surface area contributed by atoms with E-state index in [2.05, 4.69) is 186 Å². The van der Waals surface area contributed by atoms with Gasteiger partial charge in [0.2, 0.25) is 0 Å². The summed E-state index contributed by atoms with van der Waals surface area (Å²) in [7, 11) is 18.6. The van der Waals surface area contributed by atoms with E-state index in [-0.39, 0.29) is 5.41 Å². The Kier molecular flexibility index (Phi) is 7.70. The van der Waals surface area contributed by atoms with Crippen LogP contribution in [0.3, 0.4) is 0 Å². The molecule has 0 spiro atoms.